The van der Waals surface area contributed by atoms with Gasteiger partial charge in [0, 0.05) is 0 Å². The van der Waals surface area contributed by atoms with Crippen LogP contribution in [0.1, 0.15) is 33.1 Å². The Bertz CT molecular complexity index is 192. The summed E-state index contributed by atoms with van der Waals surface area (Å²) in [5.74, 6) is -1.12. The minimum Gasteiger partial charge on any atom is -0.481 e. The Hall–Kier alpha value is -1.05. The van der Waals surface area contributed by atoms with Crippen molar-refractivity contribution >= 4 is 5.97 Å². The number of rotatable bonds is 6. The predicted octanol–water partition coefficient (Wildman–Crippen LogP) is 3.01. The van der Waals surface area contributed by atoms with Crippen LogP contribution in [0.3, 0.4) is 0 Å². The topological polar surface area (TPSA) is 37.3 Å². The number of aliphatic carboxylic acids is 1. The second-order valence-electron chi connectivity index (χ2n) is 3.06. The molecular weight excluding hydrogens is 164 g/mol. The highest BCUT2D eigenvalue weighted by Gasteiger charge is 2.04. The van der Waals surface area contributed by atoms with Gasteiger partial charge >= 0.3 is 5.97 Å². The molecule has 0 rings (SSSR count). The minimum absolute atomic E-state index is 0.360. The van der Waals surface area contributed by atoms with Crippen molar-refractivity contribution in [1.29, 1.82) is 0 Å². The van der Waals surface area contributed by atoms with Crippen molar-refractivity contribution < 1.29 is 9.90 Å². The molecule has 0 aromatic heterocycles. The van der Waals surface area contributed by atoms with Gasteiger partial charge in [-0.1, -0.05) is 24.3 Å². The van der Waals surface area contributed by atoms with E-state index in [1.165, 1.54) is 0 Å². The molecule has 1 atom stereocenters. The maximum absolute atomic E-state index is 10.4. The first-order valence-corrected chi connectivity index (χ1v) is 4.69. The summed E-state index contributed by atoms with van der Waals surface area (Å²) in [4.78, 5) is 10.4. The summed E-state index contributed by atoms with van der Waals surface area (Å²) in [6.45, 7) is 3.69. The van der Waals surface area contributed by atoms with Crippen LogP contribution in [0, 0.1) is 5.92 Å². The van der Waals surface area contributed by atoms with Gasteiger partial charge in [-0.25, -0.2) is 0 Å². The molecule has 0 radical (unpaired) electrons. The van der Waals surface area contributed by atoms with E-state index in [9.17, 15) is 4.79 Å². The van der Waals surface area contributed by atoms with E-state index in [0.717, 1.165) is 19.3 Å². The van der Waals surface area contributed by atoms with Crippen LogP contribution >= 0.6 is 0 Å². The Labute approximate surface area is 80.0 Å². The molecule has 0 fully saturated rings. The fourth-order valence-electron chi connectivity index (χ4n) is 0.903. The third-order valence-electron chi connectivity index (χ3n) is 1.79. The molecule has 0 aliphatic rings. The minimum atomic E-state index is -0.760. The summed E-state index contributed by atoms with van der Waals surface area (Å²) >= 11 is 0. The van der Waals surface area contributed by atoms with E-state index in [2.05, 4.69) is 6.08 Å². The van der Waals surface area contributed by atoms with Gasteiger partial charge in [-0.3, -0.25) is 4.79 Å². The molecule has 0 heterocycles. The molecule has 13 heavy (non-hydrogen) atoms. The lowest BCUT2D eigenvalue weighted by atomic mass is 10.1. The molecule has 74 valence electrons. The highest BCUT2D eigenvalue weighted by Crippen LogP contribution is 2.02. The average molecular weight is 182 g/mol. The quantitative estimate of drug-likeness (QED) is 0.506. The van der Waals surface area contributed by atoms with Crippen LogP contribution in [-0.4, -0.2) is 11.1 Å². The van der Waals surface area contributed by atoms with Gasteiger partial charge in [0.2, 0.25) is 0 Å². The molecule has 2 heteroatoms. The van der Waals surface area contributed by atoms with Gasteiger partial charge in [0.25, 0.3) is 0 Å². The molecule has 0 aliphatic heterocycles. The highest BCUT2D eigenvalue weighted by molar-refractivity contribution is 5.71. The van der Waals surface area contributed by atoms with Crippen molar-refractivity contribution in [3.8, 4) is 0 Å². The largest absolute Gasteiger partial charge is 0.481 e. The van der Waals surface area contributed by atoms with Crippen molar-refractivity contribution in [2.75, 3.05) is 0 Å². The third kappa shape index (κ3) is 7.32. The Morgan fingerprint density at radius 3 is 2.54 bits per heavy atom. The van der Waals surface area contributed by atoms with E-state index in [4.69, 9.17) is 5.11 Å². The lowest BCUT2D eigenvalue weighted by Gasteiger charge is -1.96. The molecule has 0 aliphatic carbocycles. The average Bonchev–Trinajstić information content (AvgIpc) is 2.10. The molecule has 0 amide bonds. The van der Waals surface area contributed by atoms with E-state index in [0.29, 0.717) is 0 Å². The van der Waals surface area contributed by atoms with Crippen molar-refractivity contribution in [1.82, 2.24) is 0 Å². The fourth-order valence-corrected chi connectivity index (χ4v) is 0.903. The van der Waals surface area contributed by atoms with Crippen LogP contribution in [0.5, 0.6) is 0 Å². The second kappa shape index (κ2) is 7.59. The predicted molar refractivity (Wildman–Crippen MR) is 54.6 cm³/mol. The number of hydrogen-bond acceptors (Lipinski definition) is 1. The first-order chi connectivity index (χ1) is 6.18. The summed E-state index contributed by atoms with van der Waals surface area (Å²) in [5, 5.41) is 8.56. The zero-order valence-corrected chi connectivity index (χ0v) is 8.36. The molecule has 0 bridgehead atoms. The molecular formula is C11H18O2. The Balaban J connectivity index is 3.46. The number of allylic oxidation sites excluding steroid dienone is 3. The Morgan fingerprint density at radius 1 is 1.38 bits per heavy atom. The SMILES string of the molecule is CC=CCCCC=CC(C)C(=O)O. The van der Waals surface area contributed by atoms with Gasteiger partial charge in [-0.2, -0.15) is 0 Å². The summed E-state index contributed by atoms with van der Waals surface area (Å²) in [6.07, 6.45) is 11.0. The van der Waals surface area contributed by atoms with E-state index in [1.807, 2.05) is 19.1 Å². The van der Waals surface area contributed by atoms with Gasteiger partial charge in [0.05, 0.1) is 5.92 Å². The normalized spacial score (nSPS) is 14.0. The van der Waals surface area contributed by atoms with Gasteiger partial charge < -0.3 is 5.11 Å². The second-order valence-corrected chi connectivity index (χ2v) is 3.06. The van der Waals surface area contributed by atoms with Crippen molar-refractivity contribution in [3.05, 3.63) is 24.3 Å². The van der Waals surface area contributed by atoms with E-state index >= 15 is 0 Å². The zero-order chi connectivity index (χ0) is 10.1. The molecule has 0 spiro atoms. The molecule has 0 saturated heterocycles. The van der Waals surface area contributed by atoms with Crippen LogP contribution in [0.2, 0.25) is 0 Å². The molecule has 0 aromatic rings. The number of hydrogen-bond donors (Lipinski definition) is 1. The van der Waals surface area contributed by atoms with Crippen LogP contribution in [0.25, 0.3) is 0 Å². The lowest BCUT2D eigenvalue weighted by Crippen LogP contribution is -2.05. The number of carboxylic acid groups (broad SMARTS) is 1. The molecule has 2 nitrogen and oxygen atoms in total. The molecule has 1 unspecified atom stereocenters. The van der Waals surface area contributed by atoms with Gasteiger partial charge in [0.1, 0.15) is 0 Å². The number of carboxylic acids is 1. The van der Waals surface area contributed by atoms with Crippen LogP contribution < -0.4 is 0 Å². The van der Waals surface area contributed by atoms with Crippen molar-refractivity contribution in [2.45, 2.75) is 33.1 Å². The lowest BCUT2D eigenvalue weighted by molar-refractivity contribution is -0.139. The van der Waals surface area contributed by atoms with E-state index in [1.54, 1.807) is 13.0 Å². The summed E-state index contributed by atoms with van der Waals surface area (Å²) in [7, 11) is 0. The van der Waals surface area contributed by atoms with Crippen LogP contribution in [-0.2, 0) is 4.79 Å². The summed E-state index contributed by atoms with van der Waals surface area (Å²) < 4.78 is 0. The number of carbonyl (C=O) groups is 1. The number of unbranched alkanes of at least 4 members (excludes halogenated alkanes) is 2. The van der Waals surface area contributed by atoms with Crippen molar-refractivity contribution in [3.63, 3.8) is 0 Å². The van der Waals surface area contributed by atoms with Gasteiger partial charge in [-0.15, -0.1) is 0 Å². The standard InChI is InChI=1S/C11H18O2/c1-3-4-5-6-7-8-9-10(2)11(12)13/h3-4,8-10H,5-7H2,1-2H3,(H,12,13). The first kappa shape index (κ1) is 11.9. The zero-order valence-electron chi connectivity index (χ0n) is 8.36. The summed E-state index contributed by atoms with van der Waals surface area (Å²) in [5.41, 5.74) is 0. The smallest absolute Gasteiger partial charge is 0.310 e. The first-order valence-electron chi connectivity index (χ1n) is 4.69. The van der Waals surface area contributed by atoms with Gasteiger partial charge in [-0.05, 0) is 33.1 Å². The molecule has 0 aromatic carbocycles. The highest BCUT2D eigenvalue weighted by atomic mass is 16.4. The summed E-state index contributed by atoms with van der Waals surface area (Å²) in [6, 6.07) is 0. The Kier molecular flexibility index (Phi) is 6.98. The monoisotopic (exact) mass is 182 g/mol. The van der Waals surface area contributed by atoms with Crippen molar-refractivity contribution in [2.24, 2.45) is 5.92 Å². The Morgan fingerprint density at radius 2 is 2.00 bits per heavy atom. The molecule has 0 saturated carbocycles. The van der Waals surface area contributed by atoms with Crippen LogP contribution in [0.15, 0.2) is 24.3 Å². The van der Waals surface area contributed by atoms with E-state index < -0.39 is 5.97 Å². The maximum atomic E-state index is 10.4. The molecule has 1 N–H and O–H groups in total. The van der Waals surface area contributed by atoms with Gasteiger partial charge in [0.15, 0.2) is 0 Å². The van der Waals surface area contributed by atoms with E-state index in [-0.39, 0.29) is 5.92 Å². The third-order valence-corrected chi connectivity index (χ3v) is 1.79. The van der Waals surface area contributed by atoms with Crippen LogP contribution in [0.4, 0.5) is 0 Å². The fraction of sp³-hybridized carbons (Fsp3) is 0.545. The maximum Gasteiger partial charge on any atom is 0.310 e.